The second kappa shape index (κ2) is 4.09. The van der Waals surface area contributed by atoms with E-state index in [1.54, 1.807) is 6.20 Å². The summed E-state index contributed by atoms with van der Waals surface area (Å²) >= 11 is 0. The Morgan fingerprint density at radius 2 is 2.36 bits per heavy atom. The SMILES string of the molecule is CCCCNc1cnc2ncccn12. The van der Waals surface area contributed by atoms with Gasteiger partial charge in [-0.1, -0.05) is 13.3 Å². The molecule has 0 aromatic carbocycles. The van der Waals surface area contributed by atoms with E-state index in [4.69, 9.17) is 0 Å². The van der Waals surface area contributed by atoms with Gasteiger partial charge < -0.3 is 5.32 Å². The van der Waals surface area contributed by atoms with Crippen molar-refractivity contribution < 1.29 is 0 Å². The molecule has 4 heteroatoms. The lowest BCUT2D eigenvalue weighted by molar-refractivity contribution is 0.829. The topological polar surface area (TPSA) is 42.2 Å². The van der Waals surface area contributed by atoms with Crippen LogP contribution in [0.2, 0.25) is 0 Å². The molecule has 2 rings (SSSR count). The maximum absolute atomic E-state index is 4.19. The van der Waals surface area contributed by atoms with Crippen molar-refractivity contribution in [3.05, 3.63) is 24.7 Å². The van der Waals surface area contributed by atoms with Crippen molar-refractivity contribution in [2.75, 3.05) is 11.9 Å². The molecule has 74 valence electrons. The lowest BCUT2D eigenvalue weighted by atomic mass is 10.3. The highest BCUT2D eigenvalue weighted by Crippen LogP contribution is 2.08. The highest BCUT2D eigenvalue weighted by molar-refractivity contribution is 5.44. The molecule has 0 spiro atoms. The number of rotatable bonds is 4. The van der Waals surface area contributed by atoms with Gasteiger partial charge in [-0.05, 0) is 12.5 Å². The fraction of sp³-hybridized carbons (Fsp3) is 0.400. The first-order chi connectivity index (χ1) is 6.92. The van der Waals surface area contributed by atoms with Gasteiger partial charge in [0.05, 0.1) is 6.20 Å². The molecular weight excluding hydrogens is 176 g/mol. The number of hydrogen-bond acceptors (Lipinski definition) is 3. The van der Waals surface area contributed by atoms with E-state index in [1.807, 2.05) is 22.9 Å². The summed E-state index contributed by atoms with van der Waals surface area (Å²) in [6.45, 7) is 3.16. The van der Waals surface area contributed by atoms with Crippen LogP contribution in [0.25, 0.3) is 5.78 Å². The van der Waals surface area contributed by atoms with Gasteiger partial charge in [-0.2, -0.15) is 0 Å². The van der Waals surface area contributed by atoms with Crippen LogP contribution >= 0.6 is 0 Å². The van der Waals surface area contributed by atoms with E-state index >= 15 is 0 Å². The Labute approximate surface area is 83.0 Å². The van der Waals surface area contributed by atoms with Crippen LogP contribution < -0.4 is 5.32 Å². The summed E-state index contributed by atoms with van der Waals surface area (Å²) in [5.74, 6) is 1.76. The number of aromatic nitrogens is 3. The van der Waals surface area contributed by atoms with Gasteiger partial charge in [0.1, 0.15) is 5.82 Å². The van der Waals surface area contributed by atoms with Crippen molar-refractivity contribution in [3.8, 4) is 0 Å². The molecule has 0 fully saturated rings. The molecule has 0 saturated carbocycles. The number of unbranched alkanes of at least 4 members (excludes halogenated alkanes) is 1. The molecule has 0 aliphatic carbocycles. The molecule has 14 heavy (non-hydrogen) atoms. The molecule has 0 saturated heterocycles. The van der Waals surface area contributed by atoms with E-state index in [0.717, 1.165) is 18.1 Å². The number of hydrogen-bond donors (Lipinski definition) is 1. The van der Waals surface area contributed by atoms with Gasteiger partial charge in [0.2, 0.25) is 5.78 Å². The Morgan fingerprint density at radius 1 is 1.43 bits per heavy atom. The summed E-state index contributed by atoms with van der Waals surface area (Å²) in [5.41, 5.74) is 0. The molecule has 0 aliphatic heterocycles. The zero-order chi connectivity index (χ0) is 9.80. The predicted octanol–water partition coefficient (Wildman–Crippen LogP) is 1.94. The Morgan fingerprint density at radius 3 is 3.21 bits per heavy atom. The lowest BCUT2D eigenvalue weighted by Gasteiger charge is -2.03. The maximum Gasteiger partial charge on any atom is 0.235 e. The molecule has 0 unspecified atom stereocenters. The molecule has 1 N–H and O–H groups in total. The molecular formula is C10H14N4. The summed E-state index contributed by atoms with van der Waals surface area (Å²) in [5, 5.41) is 3.33. The third kappa shape index (κ3) is 1.69. The standard InChI is InChI=1S/C10H14N4/c1-2-3-5-11-9-8-13-10-12-6-4-7-14(9)10/h4,6-8,11H,2-3,5H2,1H3. The first-order valence-corrected chi connectivity index (χ1v) is 4.94. The number of fused-ring (bicyclic) bond motifs is 1. The van der Waals surface area contributed by atoms with Crippen molar-refractivity contribution in [1.82, 2.24) is 14.4 Å². The van der Waals surface area contributed by atoms with E-state index < -0.39 is 0 Å². The summed E-state index contributed by atoms with van der Waals surface area (Å²) < 4.78 is 1.95. The number of anilines is 1. The van der Waals surface area contributed by atoms with Crippen LogP contribution in [0.5, 0.6) is 0 Å². The van der Waals surface area contributed by atoms with E-state index in [9.17, 15) is 0 Å². The van der Waals surface area contributed by atoms with Crippen molar-refractivity contribution in [2.45, 2.75) is 19.8 Å². The molecule has 4 nitrogen and oxygen atoms in total. The Hall–Kier alpha value is -1.58. The zero-order valence-electron chi connectivity index (χ0n) is 8.27. The third-order valence-electron chi connectivity index (χ3n) is 2.12. The average Bonchev–Trinajstić information content (AvgIpc) is 2.63. The number of imidazole rings is 1. The quantitative estimate of drug-likeness (QED) is 0.749. The molecule has 2 aromatic heterocycles. The van der Waals surface area contributed by atoms with E-state index in [2.05, 4.69) is 22.2 Å². The molecule has 0 amide bonds. The van der Waals surface area contributed by atoms with Crippen molar-refractivity contribution in [3.63, 3.8) is 0 Å². The molecule has 2 aromatic rings. The van der Waals surface area contributed by atoms with Crippen LogP contribution in [0.15, 0.2) is 24.7 Å². The van der Waals surface area contributed by atoms with Crippen LogP contribution in [-0.2, 0) is 0 Å². The summed E-state index contributed by atoms with van der Waals surface area (Å²) in [7, 11) is 0. The molecule has 0 atom stereocenters. The summed E-state index contributed by atoms with van der Waals surface area (Å²) in [6, 6.07) is 1.90. The lowest BCUT2D eigenvalue weighted by Crippen LogP contribution is -2.03. The first-order valence-electron chi connectivity index (χ1n) is 4.94. The minimum atomic E-state index is 0.742. The minimum Gasteiger partial charge on any atom is -0.370 e. The summed E-state index contributed by atoms with van der Waals surface area (Å²) in [6.07, 6.45) is 7.90. The molecule has 0 bridgehead atoms. The first kappa shape index (κ1) is 8.99. The van der Waals surface area contributed by atoms with Crippen LogP contribution in [0.4, 0.5) is 5.82 Å². The zero-order valence-corrected chi connectivity index (χ0v) is 8.27. The van der Waals surface area contributed by atoms with Crippen molar-refractivity contribution in [2.24, 2.45) is 0 Å². The fourth-order valence-corrected chi connectivity index (χ4v) is 1.35. The van der Waals surface area contributed by atoms with Crippen LogP contribution in [0, 0.1) is 0 Å². The third-order valence-corrected chi connectivity index (χ3v) is 2.12. The average molecular weight is 190 g/mol. The molecule has 0 radical (unpaired) electrons. The van der Waals surface area contributed by atoms with E-state index in [-0.39, 0.29) is 0 Å². The van der Waals surface area contributed by atoms with Gasteiger partial charge in [-0.3, -0.25) is 4.40 Å². The van der Waals surface area contributed by atoms with Gasteiger partial charge in [-0.25, -0.2) is 9.97 Å². The molecule has 2 heterocycles. The normalized spacial score (nSPS) is 10.6. The van der Waals surface area contributed by atoms with Crippen LogP contribution in [-0.4, -0.2) is 20.9 Å². The Kier molecular flexibility index (Phi) is 2.62. The second-order valence-corrected chi connectivity index (χ2v) is 3.21. The maximum atomic E-state index is 4.19. The van der Waals surface area contributed by atoms with Gasteiger partial charge in [0.25, 0.3) is 0 Å². The largest absolute Gasteiger partial charge is 0.370 e. The highest BCUT2D eigenvalue weighted by atomic mass is 15.2. The van der Waals surface area contributed by atoms with E-state index in [0.29, 0.717) is 0 Å². The van der Waals surface area contributed by atoms with Crippen LogP contribution in [0.3, 0.4) is 0 Å². The van der Waals surface area contributed by atoms with Crippen LogP contribution in [0.1, 0.15) is 19.8 Å². The minimum absolute atomic E-state index is 0.742. The monoisotopic (exact) mass is 190 g/mol. The number of nitrogens with one attached hydrogen (secondary N) is 1. The van der Waals surface area contributed by atoms with Crippen molar-refractivity contribution >= 4 is 11.6 Å². The second-order valence-electron chi connectivity index (χ2n) is 3.21. The Balaban J connectivity index is 2.17. The van der Waals surface area contributed by atoms with Crippen molar-refractivity contribution in [1.29, 1.82) is 0 Å². The van der Waals surface area contributed by atoms with Gasteiger partial charge in [0.15, 0.2) is 0 Å². The van der Waals surface area contributed by atoms with E-state index in [1.165, 1.54) is 12.8 Å². The highest BCUT2D eigenvalue weighted by Gasteiger charge is 2.00. The van der Waals surface area contributed by atoms with Gasteiger partial charge in [0, 0.05) is 18.9 Å². The van der Waals surface area contributed by atoms with Gasteiger partial charge >= 0.3 is 0 Å². The van der Waals surface area contributed by atoms with Gasteiger partial charge in [-0.15, -0.1) is 0 Å². The Bertz CT molecular complexity index is 407. The predicted molar refractivity (Wildman–Crippen MR) is 56.4 cm³/mol. The summed E-state index contributed by atoms with van der Waals surface area (Å²) in [4.78, 5) is 8.33. The smallest absolute Gasteiger partial charge is 0.235 e. The fourth-order valence-electron chi connectivity index (χ4n) is 1.35. The molecule has 0 aliphatic rings. The number of nitrogens with zero attached hydrogens (tertiary/aromatic N) is 3.